The number of benzene rings is 2. The van der Waals surface area contributed by atoms with Crippen molar-refractivity contribution in [3.8, 4) is 11.5 Å². The van der Waals surface area contributed by atoms with Crippen LogP contribution in [0.2, 0.25) is 0 Å². The number of phenolic OH excluding ortho intramolecular Hbond substituents is 1. The first-order valence-corrected chi connectivity index (χ1v) is 13.0. The second kappa shape index (κ2) is 10.9. The molecule has 0 spiro atoms. The number of hydrogen-bond donors (Lipinski definition) is 2. The molecule has 6 nitrogen and oxygen atoms in total. The van der Waals surface area contributed by atoms with Gasteiger partial charge in [0.2, 0.25) is 0 Å². The van der Waals surface area contributed by atoms with E-state index in [4.69, 9.17) is 4.74 Å². The highest BCUT2D eigenvalue weighted by atomic mass is 16.5. The summed E-state index contributed by atoms with van der Waals surface area (Å²) in [6.45, 7) is 15.0. The van der Waals surface area contributed by atoms with Crippen LogP contribution in [-0.4, -0.2) is 70.3 Å². The van der Waals surface area contributed by atoms with Crippen LogP contribution in [0.5, 0.6) is 11.5 Å². The Morgan fingerprint density at radius 3 is 2.49 bits per heavy atom. The van der Waals surface area contributed by atoms with Gasteiger partial charge in [-0.2, -0.15) is 0 Å². The SMILES string of the molecule is CC(C)COc1cc(CCC(C)(C)N2Cc3cccc(C(O)N4CCN(C)CC4)c3C2)ccc1O. The summed E-state index contributed by atoms with van der Waals surface area (Å²) in [6, 6.07) is 12.1. The number of aliphatic hydroxyl groups excluding tert-OH is 1. The smallest absolute Gasteiger partial charge is 0.161 e. The van der Waals surface area contributed by atoms with Crippen molar-refractivity contribution in [3.05, 3.63) is 58.7 Å². The number of aryl methyl sites for hydroxylation is 1. The zero-order valence-electron chi connectivity index (χ0n) is 22.1. The molecule has 0 radical (unpaired) electrons. The number of ether oxygens (including phenoxy) is 1. The lowest BCUT2D eigenvalue weighted by Crippen LogP contribution is -2.46. The van der Waals surface area contributed by atoms with Crippen LogP contribution < -0.4 is 4.74 Å². The van der Waals surface area contributed by atoms with Gasteiger partial charge < -0.3 is 19.8 Å². The fraction of sp³-hybridized carbons (Fsp3) is 0.586. The molecule has 0 aliphatic carbocycles. The van der Waals surface area contributed by atoms with Crippen LogP contribution in [0.4, 0.5) is 0 Å². The molecular weight excluding hydrogens is 438 g/mol. The summed E-state index contributed by atoms with van der Waals surface area (Å²) < 4.78 is 5.81. The van der Waals surface area contributed by atoms with Crippen molar-refractivity contribution >= 4 is 0 Å². The van der Waals surface area contributed by atoms with Crippen LogP contribution >= 0.6 is 0 Å². The minimum absolute atomic E-state index is 0.00802. The lowest BCUT2D eigenvalue weighted by atomic mass is 9.93. The number of fused-ring (bicyclic) bond motifs is 1. The van der Waals surface area contributed by atoms with Gasteiger partial charge in [0.15, 0.2) is 11.5 Å². The van der Waals surface area contributed by atoms with Crippen LogP contribution in [0.3, 0.4) is 0 Å². The summed E-state index contributed by atoms with van der Waals surface area (Å²) in [5.41, 5.74) is 4.86. The number of piperazine rings is 1. The highest BCUT2D eigenvalue weighted by molar-refractivity contribution is 5.42. The van der Waals surface area contributed by atoms with Gasteiger partial charge in [-0.1, -0.05) is 38.1 Å². The third-order valence-corrected chi connectivity index (χ3v) is 7.66. The van der Waals surface area contributed by atoms with Crippen molar-refractivity contribution < 1.29 is 14.9 Å². The molecule has 192 valence electrons. The number of aliphatic hydroxyl groups is 1. The second-order valence-corrected chi connectivity index (χ2v) is 11.4. The summed E-state index contributed by atoms with van der Waals surface area (Å²) in [6.07, 6.45) is 1.36. The van der Waals surface area contributed by atoms with Crippen LogP contribution in [0.15, 0.2) is 36.4 Å². The molecule has 35 heavy (non-hydrogen) atoms. The monoisotopic (exact) mass is 481 g/mol. The van der Waals surface area contributed by atoms with E-state index in [2.05, 4.69) is 67.6 Å². The maximum absolute atomic E-state index is 11.2. The van der Waals surface area contributed by atoms with Crippen molar-refractivity contribution in [2.24, 2.45) is 5.92 Å². The fourth-order valence-corrected chi connectivity index (χ4v) is 5.08. The van der Waals surface area contributed by atoms with E-state index in [-0.39, 0.29) is 11.3 Å². The van der Waals surface area contributed by atoms with Gasteiger partial charge in [-0.05, 0) is 68.5 Å². The number of likely N-dealkylation sites (N-methyl/N-ethyl adjacent to an activating group) is 1. The summed E-state index contributed by atoms with van der Waals surface area (Å²) in [4.78, 5) is 7.05. The van der Waals surface area contributed by atoms with E-state index in [0.29, 0.717) is 18.3 Å². The molecule has 1 unspecified atom stereocenters. The van der Waals surface area contributed by atoms with E-state index >= 15 is 0 Å². The molecule has 2 heterocycles. The van der Waals surface area contributed by atoms with Gasteiger partial charge in [-0.25, -0.2) is 0 Å². The number of rotatable bonds is 9. The minimum Gasteiger partial charge on any atom is -0.504 e. The van der Waals surface area contributed by atoms with Crippen LogP contribution in [0, 0.1) is 5.92 Å². The summed E-state index contributed by atoms with van der Waals surface area (Å²) in [5.74, 6) is 1.19. The van der Waals surface area contributed by atoms with Gasteiger partial charge in [-0.3, -0.25) is 9.80 Å². The molecule has 0 saturated carbocycles. The van der Waals surface area contributed by atoms with E-state index < -0.39 is 6.23 Å². The van der Waals surface area contributed by atoms with E-state index in [9.17, 15) is 10.2 Å². The normalized spacial score (nSPS) is 18.7. The Bertz CT molecular complexity index is 999. The lowest BCUT2D eigenvalue weighted by Gasteiger charge is -2.37. The van der Waals surface area contributed by atoms with Crippen LogP contribution in [0.25, 0.3) is 0 Å². The average molecular weight is 482 g/mol. The van der Waals surface area contributed by atoms with Crippen LogP contribution in [-0.2, 0) is 19.5 Å². The zero-order valence-corrected chi connectivity index (χ0v) is 22.1. The van der Waals surface area contributed by atoms with Crippen molar-refractivity contribution in [2.75, 3.05) is 39.8 Å². The Labute approximate surface area is 211 Å². The van der Waals surface area contributed by atoms with E-state index in [1.807, 2.05) is 12.1 Å². The molecule has 6 heteroatoms. The highest BCUT2D eigenvalue weighted by Crippen LogP contribution is 2.37. The molecule has 0 bridgehead atoms. The first kappa shape index (κ1) is 26.0. The Morgan fingerprint density at radius 1 is 1.03 bits per heavy atom. The van der Waals surface area contributed by atoms with Crippen molar-refractivity contribution in [1.82, 2.24) is 14.7 Å². The molecule has 0 amide bonds. The summed E-state index contributed by atoms with van der Waals surface area (Å²) in [7, 11) is 2.14. The molecule has 4 rings (SSSR count). The predicted octanol–water partition coefficient (Wildman–Crippen LogP) is 4.39. The van der Waals surface area contributed by atoms with E-state index in [1.165, 1.54) is 16.7 Å². The molecule has 0 aromatic heterocycles. The van der Waals surface area contributed by atoms with E-state index in [1.54, 1.807) is 6.07 Å². The van der Waals surface area contributed by atoms with Gasteiger partial charge >= 0.3 is 0 Å². The summed E-state index contributed by atoms with van der Waals surface area (Å²) in [5, 5.41) is 21.4. The van der Waals surface area contributed by atoms with E-state index in [0.717, 1.165) is 57.7 Å². The highest BCUT2D eigenvalue weighted by Gasteiger charge is 2.34. The molecule has 2 aromatic carbocycles. The number of aromatic hydroxyl groups is 1. The van der Waals surface area contributed by atoms with Crippen LogP contribution in [0.1, 0.15) is 62.6 Å². The molecule has 2 N–H and O–H groups in total. The Morgan fingerprint density at radius 2 is 1.77 bits per heavy atom. The van der Waals surface area contributed by atoms with Gasteiger partial charge in [-0.15, -0.1) is 0 Å². The molecule has 1 atom stereocenters. The molecule has 2 aromatic rings. The number of nitrogens with zero attached hydrogens (tertiary/aromatic N) is 3. The maximum Gasteiger partial charge on any atom is 0.161 e. The second-order valence-electron chi connectivity index (χ2n) is 11.4. The number of phenols is 1. The van der Waals surface area contributed by atoms with Crippen molar-refractivity contribution in [1.29, 1.82) is 0 Å². The van der Waals surface area contributed by atoms with Gasteiger partial charge in [0.1, 0.15) is 6.23 Å². The topological polar surface area (TPSA) is 59.4 Å². The molecule has 2 aliphatic heterocycles. The molecular formula is C29H43N3O3. The quantitative estimate of drug-likeness (QED) is 0.554. The van der Waals surface area contributed by atoms with Gasteiger partial charge in [0, 0.05) is 50.4 Å². The fourth-order valence-electron chi connectivity index (χ4n) is 5.08. The Balaban J connectivity index is 1.41. The third kappa shape index (κ3) is 6.18. The zero-order chi connectivity index (χ0) is 25.2. The Kier molecular flexibility index (Phi) is 8.06. The van der Waals surface area contributed by atoms with Crippen molar-refractivity contribution in [2.45, 2.75) is 65.4 Å². The average Bonchev–Trinajstić information content (AvgIpc) is 3.28. The Hall–Kier alpha value is -2.12. The summed E-state index contributed by atoms with van der Waals surface area (Å²) >= 11 is 0. The first-order valence-electron chi connectivity index (χ1n) is 13.0. The third-order valence-electron chi connectivity index (χ3n) is 7.66. The predicted molar refractivity (Wildman–Crippen MR) is 141 cm³/mol. The maximum atomic E-state index is 11.2. The largest absolute Gasteiger partial charge is 0.504 e. The standard InChI is InChI=1S/C29H43N3O3/c1-21(2)20-35-27-17-22(9-10-26(27)33)11-12-29(3,4)32-18-23-7-6-8-24(25(23)19-32)28(34)31-15-13-30(5)14-16-31/h6-10,17,21,28,33-34H,11-16,18-20H2,1-5H3. The lowest BCUT2D eigenvalue weighted by molar-refractivity contribution is -0.0240. The number of hydrogen-bond acceptors (Lipinski definition) is 6. The minimum atomic E-state index is -0.539. The van der Waals surface area contributed by atoms with Gasteiger partial charge in [0.05, 0.1) is 6.61 Å². The molecule has 1 saturated heterocycles. The molecule has 2 aliphatic rings. The van der Waals surface area contributed by atoms with Crippen molar-refractivity contribution in [3.63, 3.8) is 0 Å². The van der Waals surface area contributed by atoms with Gasteiger partial charge in [0.25, 0.3) is 0 Å². The first-order chi connectivity index (χ1) is 16.6. The molecule has 1 fully saturated rings.